The van der Waals surface area contributed by atoms with Gasteiger partial charge in [0.05, 0.1) is 22.9 Å². The molecule has 1 N–H and O–H groups in total. The summed E-state index contributed by atoms with van der Waals surface area (Å²) in [6.07, 6.45) is -3.82. The van der Waals surface area contributed by atoms with Crippen LogP contribution in [0.25, 0.3) is 0 Å². The van der Waals surface area contributed by atoms with E-state index in [0.717, 1.165) is 23.8 Å². The number of esters is 1. The normalized spacial score (nSPS) is 14.4. The fourth-order valence-corrected chi connectivity index (χ4v) is 3.18. The zero-order valence-corrected chi connectivity index (χ0v) is 16.3. The number of ether oxygens (including phenoxy) is 1. The number of rotatable bonds is 3. The lowest BCUT2D eigenvalue weighted by Gasteiger charge is -2.30. The van der Waals surface area contributed by atoms with E-state index in [4.69, 9.17) is 16.3 Å². The summed E-state index contributed by atoms with van der Waals surface area (Å²) in [6.45, 7) is 2.77. The van der Waals surface area contributed by atoms with Gasteiger partial charge in [0, 0.05) is 13.1 Å². The van der Waals surface area contributed by atoms with Crippen molar-refractivity contribution in [2.75, 3.05) is 18.6 Å². The van der Waals surface area contributed by atoms with Crippen molar-refractivity contribution in [1.29, 1.82) is 0 Å². The van der Waals surface area contributed by atoms with E-state index in [1.165, 1.54) is 5.56 Å². The number of hydrogen-bond donors (Lipinski definition) is 1. The first-order valence-electron chi connectivity index (χ1n) is 8.99. The van der Waals surface area contributed by atoms with Crippen LogP contribution in [-0.2, 0) is 28.7 Å². The van der Waals surface area contributed by atoms with Gasteiger partial charge >= 0.3 is 12.1 Å². The first-order valence-corrected chi connectivity index (χ1v) is 9.36. The molecule has 2 aromatic carbocycles. The molecule has 0 aliphatic carbocycles. The molecule has 1 aliphatic heterocycles. The fraction of sp³-hybridized carbons (Fsp3) is 0.300. The Morgan fingerprint density at radius 1 is 1.24 bits per heavy atom. The van der Waals surface area contributed by atoms with Crippen LogP contribution in [0.1, 0.15) is 23.6 Å². The monoisotopic (exact) mass is 425 g/mol. The van der Waals surface area contributed by atoms with E-state index in [1.807, 2.05) is 24.3 Å². The van der Waals surface area contributed by atoms with Crippen molar-refractivity contribution in [3.05, 3.63) is 64.2 Å². The summed E-state index contributed by atoms with van der Waals surface area (Å²) in [5.74, 6) is -0.683. The van der Waals surface area contributed by atoms with Crippen LogP contribution in [-0.4, -0.2) is 29.9 Å². The Morgan fingerprint density at radius 2 is 1.97 bits per heavy atom. The summed E-state index contributed by atoms with van der Waals surface area (Å²) in [4.78, 5) is 14.2. The van der Waals surface area contributed by atoms with Crippen LogP contribution in [0.5, 0.6) is 0 Å². The molecule has 29 heavy (non-hydrogen) atoms. The number of nitrogens with zero attached hydrogens (tertiary/aromatic N) is 2. The summed E-state index contributed by atoms with van der Waals surface area (Å²) < 4.78 is 44.0. The molecule has 5 nitrogen and oxygen atoms in total. The summed E-state index contributed by atoms with van der Waals surface area (Å²) in [5.41, 5.74) is 3.80. The number of hydrogen-bond acceptors (Lipinski definition) is 4. The number of fused-ring (bicyclic) bond motifs is 1. The van der Waals surface area contributed by atoms with Crippen LogP contribution in [0.3, 0.4) is 0 Å². The Balaban J connectivity index is 1.88. The van der Waals surface area contributed by atoms with Crippen molar-refractivity contribution < 1.29 is 22.7 Å². The lowest BCUT2D eigenvalue weighted by molar-refractivity contribution is -0.138. The minimum absolute atomic E-state index is 0.0187. The summed E-state index contributed by atoms with van der Waals surface area (Å²) in [5, 5.41) is 4.11. The number of alkyl halides is 3. The Bertz CT molecular complexity index is 931. The Morgan fingerprint density at radius 3 is 2.66 bits per heavy atom. The van der Waals surface area contributed by atoms with Gasteiger partial charge in [0.25, 0.3) is 0 Å². The van der Waals surface area contributed by atoms with E-state index >= 15 is 0 Å². The van der Waals surface area contributed by atoms with Crippen LogP contribution in [0, 0.1) is 0 Å². The minimum atomic E-state index is -4.52. The maximum absolute atomic E-state index is 13.0. The van der Waals surface area contributed by atoms with Crippen molar-refractivity contribution in [3.63, 3.8) is 0 Å². The lowest BCUT2D eigenvalue weighted by Crippen LogP contribution is -2.41. The fourth-order valence-electron chi connectivity index (χ4n) is 3.02. The van der Waals surface area contributed by atoms with Gasteiger partial charge in [0.15, 0.2) is 0 Å². The molecule has 154 valence electrons. The van der Waals surface area contributed by atoms with Crippen LogP contribution in [0.4, 0.5) is 18.9 Å². The number of carbonyl (C=O) groups excluding carboxylic acids is 1. The molecule has 2 aromatic rings. The first kappa shape index (κ1) is 21.0. The molecular weight excluding hydrogens is 407 g/mol. The van der Waals surface area contributed by atoms with E-state index in [9.17, 15) is 18.0 Å². The number of anilines is 1. The van der Waals surface area contributed by atoms with Crippen molar-refractivity contribution in [3.8, 4) is 0 Å². The first-order chi connectivity index (χ1) is 13.8. The van der Waals surface area contributed by atoms with Crippen molar-refractivity contribution in [2.24, 2.45) is 5.10 Å². The molecule has 0 fully saturated rings. The highest BCUT2D eigenvalue weighted by molar-refractivity contribution is 6.35. The second-order valence-corrected chi connectivity index (χ2v) is 6.81. The topological polar surface area (TPSA) is 53.9 Å². The largest absolute Gasteiger partial charge is 0.460 e. The molecule has 0 unspecified atom stereocenters. The van der Waals surface area contributed by atoms with Gasteiger partial charge in [-0.3, -0.25) is 5.43 Å². The van der Waals surface area contributed by atoms with Gasteiger partial charge in [-0.25, -0.2) is 4.79 Å². The zero-order valence-electron chi connectivity index (χ0n) is 15.6. The molecule has 1 aliphatic rings. The second kappa shape index (κ2) is 8.73. The number of halogens is 4. The van der Waals surface area contributed by atoms with Crippen LogP contribution < -0.4 is 5.43 Å². The number of carbonyl (C=O) groups is 1. The third-order valence-electron chi connectivity index (χ3n) is 4.46. The van der Waals surface area contributed by atoms with Crippen LogP contribution >= 0.6 is 11.6 Å². The lowest BCUT2D eigenvalue weighted by atomic mass is 10.00. The van der Waals surface area contributed by atoms with Gasteiger partial charge < -0.3 is 9.64 Å². The quantitative estimate of drug-likeness (QED) is 0.335. The highest BCUT2D eigenvalue weighted by Gasteiger charge is 2.31. The third kappa shape index (κ3) is 5.00. The molecule has 0 bridgehead atoms. The highest BCUT2D eigenvalue weighted by atomic mass is 35.5. The highest BCUT2D eigenvalue weighted by Crippen LogP contribution is 2.33. The van der Waals surface area contributed by atoms with E-state index < -0.39 is 17.7 Å². The maximum Gasteiger partial charge on any atom is 0.416 e. The van der Waals surface area contributed by atoms with E-state index in [2.05, 4.69) is 10.5 Å². The smallest absolute Gasteiger partial charge is 0.416 e. The number of benzene rings is 2. The average molecular weight is 426 g/mol. The molecule has 0 spiro atoms. The molecule has 0 atom stereocenters. The van der Waals surface area contributed by atoms with Gasteiger partial charge in [-0.05, 0) is 42.7 Å². The van der Waals surface area contributed by atoms with Gasteiger partial charge in [-0.2, -0.15) is 13.2 Å². The van der Waals surface area contributed by atoms with Crippen molar-refractivity contribution >= 4 is 29.1 Å². The Labute approximate surface area is 171 Å². The predicted molar refractivity (Wildman–Crippen MR) is 105 cm³/mol. The molecule has 9 heteroatoms. The molecule has 0 aromatic heterocycles. The molecule has 0 amide bonds. The Hall–Kier alpha value is -2.74. The van der Waals surface area contributed by atoms with Gasteiger partial charge in [0.2, 0.25) is 5.84 Å². The van der Waals surface area contributed by atoms with Crippen molar-refractivity contribution in [1.82, 2.24) is 4.90 Å². The predicted octanol–water partition coefficient (Wildman–Crippen LogP) is 4.71. The van der Waals surface area contributed by atoms with Gasteiger partial charge in [0.1, 0.15) is 0 Å². The maximum atomic E-state index is 13.0. The third-order valence-corrected chi connectivity index (χ3v) is 4.79. The molecule has 1 heterocycles. The molecular formula is C20H19ClF3N3O2. The summed E-state index contributed by atoms with van der Waals surface area (Å²) in [6, 6.07) is 10.7. The van der Waals surface area contributed by atoms with Crippen LogP contribution in [0.2, 0.25) is 5.02 Å². The van der Waals surface area contributed by atoms with E-state index in [1.54, 1.807) is 11.8 Å². The SMILES string of the molecule is CCOC(=O)/C(=N/Nc1cc(C(F)(F)F)ccc1Cl)N1CCc2ccccc2C1. The minimum Gasteiger partial charge on any atom is -0.460 e. The summed E-state index contributed by atoms with van der Waals surface area (Å²) in [7, 11) is 0. The second-order valence-electron chi connectivity index (χ2n) is 6.40. The number of amidine groups is 1. The molecule has 0 saturated carbocycles. The number of hydrazone groups is 1. The summed E-state index contributed by atoms with van der Waals surface area (Å²) >= 11 is 5.99. The zero-order chi connectivity index (χ0) is 21.0. The molecule has 3 rings (SSSR count). The van der Waals surface area contributed by atoms with E-state index in [-0.39, 0.29) is 23.2 Å². The van der Waals surface area contributed by atoms with Gasteiger partial charge in [-0.1, -0.05) is 35.9 Å². The van der Waals surface area contributed by atoms with Crippen LogP contribution in [0.15, 0.2) is 47.6 Å². The van der Waals surface area contributed by atoms with Crippen molar-refractivity contribution in [2.45, 2.75) is 26.1 Å². The Kier molecular flexibility index (Phi) is 6.32. The standard InChI is InChI=1S/C20H19ClF3N3O2/c1-2-29-19(28)18(27-10-9-13-5-3-4-6-14(13)12-27)26-25-17-11-15(20(22,23)24)7-8-16(17)21/h3-8,11,25H,2,9-10,12H2,1H3/b26-18-. The number of nitrogens with one attached hydrogen (secondary N) is 1. The van der Waals surface area contributed by atoms with E-state index in [0.29, 0.717) is 19.5 Å². The molecule has 0 saturated heterocycles. The average Bonchev–Trinajstić information content (AvgIpc) is 2.68. The van der Waals surface area contributed by atoms with Gasteiger partial charge in [-0.15, -0.1) is 5.10 Å². The molecule has 0 radical (unpaired) electrons.